The minimum atomic E-state index is -2.10. The summed E-state index contributed by atoms with van der Waals surface area (Å²) in [6, 6.07) is 0. The van der Waals surface area contributed by atoms with Gasteiger partial charge in [-0.05, 0) is 0 Å². The van der Waals surface area contributed by atoms with Crippen molar-refractivity contribution in [3.63, 3.8) is 0 Å². The molecule has 0 nitrogen and oxygen atoms in total. The number of allylic oxidation sites excluding steroid dienone is 2. The van der Waals surface area contributed by atoms with E-state index in [1.165, 1.54) is 57.8 Å². The molecule has 0 fully saturated rings. The van der Waals surface area contributed by atoms with Crippen molar-refractivity contribution in [3.8, 4) is 0 Å². The Labute approximate surface area is 151 Å². The van der Waals surface area contributed by atoms with E-state index in [-0.39, 0.29) is 0 Å². The van der Waals surface area contributed by atoms with E-state index in [1.807, 2.05) is 0 Å². The zero-order valence-electron chi connectivity index (χ0n) is 17.1. The van der Waals surface area contributed by atoms with E-state index in [2.05, 4.69) is 47.6 Å². The van der Waals surface area contributed by atoms with Gasteiger partial charge in [0, 0.05) is 0 Å². The second kappa shape index (κ2) is 10.5. The first-order chi connectivity index (χ1) is 10.9. The molecular formula is C22H44Sn. The van der Waals surface area contributed by atoms with Gasteiger partial charge in [0.25, 0.3) is 0 Å². The Bertz CT molecular complexity index is 333. The fourth-order valence-electron chi connectivity index (χ4n) is 4.81. The van der Waals surface area contributed by atoms with Crippen LogP contribution in [0.2, 0.25) is 16.7 Å². The minimum absolute atomic E-state index is 0.743. The van der Waals surface area contributed by atoms with Gasteiger partial charge in [-0.2, -0.15) is 0 Å². The van der Waals surface area contributed by atoms with Gasteiger partial charge in [-0.15, -0.1) is 0 Å². The molecule has 1 aliphatic rings. The molecule has 0 aromatic rings. The molecule has 0 N–H and O–H groups in total. The van der Waals surface area contributed by atoms with E-state index >= 15 is 0 Å². The number of unbranched alkanes of at least 4 members (excludes halogenated alkanes) is 3. The van der Waals surface area contributed by atoms with Crippen molar-refractivity contribution in [1.29, 1.82) is 0 Å². The van der Waals surface area contributed by atoms with E-state index in [0.717, 1.165) is 9.35 Å². The quantitative estimate of drug-likeness (QED) is 0.230. The van der Waals surface area contributed by atoms with Gasteiger partial charge in [0.2, 0.25) is 0 Å². The third kappa shape index (κ3) is 5.79. The summed E-state index contributed by atoms with van der Waals surface area (Å²) in [7, 11) is 0. The summed E-state index contributed by atoms with van der Waals surface area (Å²) in [5, 5.41) is 0. The third-order valence-corrected chi connectivity index (χ3v) is 26.7. The molecule has 0 aliphatic heterocycles. The van der Waals surface area contributed by atoms with E-state index in [4.69, 9.17) is 0 Å². The van der Waals surface area contributed by atoms with Crippen molar-refractivity contribution in [2.24, 2.45) is 5.92 Å². The molecule has 0 amide bonds. The molecule has 1 atom stereocenters. The molecule has 136 valence electrons. The predicted octanol–water partition coefficient (Wildman–Crippen LogP) is 8.36. The van der Waals surface area contributed by atoms with Gasteiger partial charge in [-0.1, -0.05) is 0 Å². The molecular weight excluding hydrogens is 383 g/mol. The molecule has 1 unspecified atom stereocenters. The molecule has 0 heterocycles. The zero-order valence-corrected chi connectivity index (χ0v) is 20.0. The first-order valence-electron chi connectivity index (χ1n) is 10.6. The second-order valence-corrected chi connectivity index (χ2v) is 23.8. The standard InChI is InChI=1S/C10H17.3C4H9.Sn/c1-8(2)10-6-4-9(3)5-7-10;3*1-3-4-2;/h6,8H,4-5,7H2,1-3H3;3*1,3-4H2,2H3;. The molecule has 0 aromatic carbocycles. The van der Waals surface area contributed by atoms with Gasteiger partial charge < -0.3 is 0 Å². The van der Waals surface area contributed by atoms with Gasteiger partial charge >= 0.3 is 152 Å². The summed E-state index contributed by atoms with van der Waals surface area (Å²) in [6.45, 7) is 14.7. The Kier molecular flexibility index (Phi) is 9.86. The fraction of sp³-hybridized carbons (Fsp3) is 0.909. The molecule has 0 spiro atoms. The first-order valence-corrected chi connectivity index (χ1v) is 18.1. The van der Waals surface area contributed by atoms with E-state index in [9.17, 15) is 0 Å². The summed E-state index contributed by atoms with van der Waals surface area (Å²) in [5.41, 5.74) is 1.75. The van der Waals surface area contributed by atoms with Crippen LogP contribution >= 0.6 is 0 Å². The number of rotatable bonds is 11. The first kappa shape index (κ1) is 21.6. The van der Waals surface area contributed by atoms with Crippen molar-refractivity contribution >= 4 is 18.4 Å². The average molecular weight is 427 g/mol. The fourth-order valence-corrected chi connectivity index (χ4v) is 24.3. The van der Waals surface area contributed by atoms with Gasteiger partial charge in [0.1, 0.15) is 0 Å². The van der Waals surface area contributed by atoms with Gasteiger partial charge in [-0.25, -0.2) is 0 Å². The summed E-state index contributed by atoms with van der Waals surface area (Å²) < 4.78 is 5.76. The van der Waals surface area contributed by atoms with Crippen LogP contribution in [0.3, 0.4) is 0 Å². The van der Waals surface area contributed by atoms with Crippen LogP contribution in [-0.2, 0) is 0 Å². The molecule has 23 heavy (non-hydrogen) atoms. The van der Waals surface area contributed by atoms with E-state index < -0.39 is 18.4 Å². The Hall–Kier alpha value is 0.539. The summed E-state index contributed by atoms with van der Waals surface area (Å²) in [4.78, 5) is 0. The Balaban J connectivity index is 3.03. The van der Waals surface area contributed by atoms with Crippen molar-refractivity contribution in [2.75, 3.05) is 0 Å². The van der Waals surface area contributed by atoms with Crippen molar-refractivity contribution in [1.82, 2.24) is 0 Å². The molecule has 0 radical (unpaired) electrons. The maximum atomic E-state index is 2.73. The molecule has 1 rings (SSSR count). The van der Waals surface area contributed by atoms with Crippen LogP contribution in [0.15, 0.2) is 11.6 Å². The normalized spacial score (nSPS) is 22.5. The monoisotopic (exact) mass is 428 g/mol. The van der Waals surface area contributed by atoms with Crippen LogP contribution in [0, 0.1) is 5.92 Å². The van der Waals surface area contributed by atoms with Crippen molar-refractivity contribution in [2.45, 2.75) is 116 Å². The predicted molar refractivity (Wildman–Crippen MR) is 110 cm³/mol. The number of hydrogen-bond acceptors (Lipinski definition) is 0. The zero-order chi connectivity index (χ0) is 17.3. The summed E-state index contributed by atoms with van der Waals surface area (Å²) in [5.74, 6) is 0.770. The van der Waals surface area contributed by atoms with Crippen molar-refractivity contribution < 1.29 is 0 Å². The Morgan fingerprint density at radius 3 is 1.74 bits per heavy atom. The van der Waals surface area contributed by atoms with Crippen LogP contribution < -0.4 is 0 Å². The molecule has 0 aromatic heterocycles. The summed E-state index contributed by atoms with van der Waals surface area (Å²) >= 11 is -2.10. The Morgan fingerprint density at radius 1 is 0.957 bits per heavy atom. The SMILES string of the molecule is CCC[CH2][Sn]([CH2]CCC)([CH2]CCC)[C]1(C)CC=C(C(C)C)CC1. The Morgan fingerprint density at radius 2 is 1.43 bits per heavy atom. The van der Waals surface area contributed by atoms with Crippen LogP contribution in [0.4, 0.5) is 0 Å². The van der Waals surface area contributed by atoms with Crippen LogP contribution in [0.5, 0.6) is 0 Å². The summed E-state index contributed by atoms with van der Waals surface area (Å²) in [6.07, 6.45) is 15.8. The van der Waals surface area contributed by atoms with Gasteiger partial charge in [0.05, 0.1) is 0 Å². The third-order valence-electron chi connectivity index (χ3n) is 6.83. The van der Waals surface area contributed by atoms with Crippen molar-refractivity contribution in [3.05, 3.63) is 11.6 Å². The van der Waals surface area contributed by atoms with Crippen LogP contribution in [0.1, 0.15) is 99.3 Å². The van der Waals surface area contributed by atoms with Crippen LogP contribution in [-0.4, -0.2) is 18.4 Å². The molecule has 0 bridgehead atoms. The molecule has 0 saturated heterocycles. The number of hydrogen-bond donors (Lipinski definition) is 0. The van der Waals surface area contributed by atoms with Gasteiger partial charge in [-0.3, -0.25) is 0 Å². The average Bonchev–Trinajstić information content (AvgIpc) is 2.54. The second-order valence-electron chi connectivity index (χ2n) is 8.79. The van der Waals surface area contributed by atoms with E-state index in [0.29, 0.717) is 0 Å². The van der Waals surface area contributed by atoms with E-state index in [1.54, 1.807) is 18.9 Å². The van der Waals surface area contributed by atoms with Gasteiger partial charge in [0.15, 0.2) is 0 Å². The maximum absolute atomic E-state index is 2.73. The molecule has 1 aliphatic carbocycles. The molecule has 1 heteroatoms. The topological polar surface area (TPSA) is 0 Å². The van der Waals surface area contributed by atoms with Crippen LogP contribution in [0.25, 0.3) is 0 Å². The molecule has 0 saturated carbocycles.